The minimum atomic E-state index is -0.298. The number of benzene rings is 2. The van der Waals surface area contributed by atoms with Gasteiger partial charge in [-0.15, -0.1) is 0 Å². The average molecular weight is 410 g/mol. The van der Waals surface area contributed by atoms with Gasteiger partial charge in [0.2, 0.25) is 0 Å². The molecule has 0 unspecified atom stereocenters. The summed E-state index contributed by atoms with van der Waals surface area (Å²) in [6.07, 6.45) is 2.86. The van der Waals surface area contributed by atoms with E-state index in [-0.39, 0.29) is 11.6 Å². The number of nitrogens with one attached hydrogen (secondary N) is 1. The van der Waals surface area contributed by atoms with Crippen molar-refractivity contribution < 1.29 is 18.7 Å². The molecule has 0 spiro atoms. The second-order valence-corrected chi connectivity index (χ2v) is 8.19. The first-order valence-corrected chi connectivity index (χ1v) is 10.6. The van der Waals surface area contributed by atoms with Gasteiger partial charge in [0.1, 0.15) is 18.1 Å². The van der Waals surface area contributed by atoms with Crippen molar-refractivity contribution in [3.8, 4) is 5.75 Å². The Balaban J connectivity index is 1.44. The second-order valence-electron chi connectivity index (χ2n) is 8.19. The number of hydrogen-bond donors (Lipinski definition) is 1. The Morgan fingerprint density at radius 2 is 2.00 bits per heavy atom. The minimum absolute atomic E-state index is 0.0511. The van der Waals surface area contributed by atoms with E-state index in [1.165, 1.54) is 18.1 Å². The number of fused-ring (bicyclic) bond motifs is 1. The molecule has 1 aliphatic rings. The smallest absolute Gasteiger partial charge is 0.151 e. The van der Waals surface area contributed by atoms with Crippen LogP contribution in [0.5, 0.6) is 5.75 Å². The molecule has 5 heteroatoms. The molecule has 1 saturated heterocycles. The molecule has 1 aliphatic heterocycles. The molecule has 4 rings (SSSR count). The maximum Gasteiger partial charge on any atom is 0.151 e. The fourth-order valence-corrected chi connectivity index (χ4v) is 4.22. The molecule has 2 heterocycles. The first-order valence-electron chi connectivity index (χ1n) is 10.6. The van der Waals surface area contributed by atoms with Crippen molar-refractivity contribution in [2.45, 2.75) is 52.1 Å². The molecule has 1 aromatic heterocycles. The summed E-state index contributed by atoms with van der Waals surface area (Å²) in [6, 6.07) is 11.9. The van der Waals surface area contributed by atoms with Crippen LogP contribution >= 0.6 is 0 Å². The molecule has 0 amide bonds. The van der Waals surface area contributed by atoms with E-state index in [0.717, 1.165) is 37.1 Å². The summed E-state index contributed by atoms with van der Waals surface area (Å²) in [7, 11) is 0. The fraction of sp³-hybridized carbons (Fsp3) is 0.400. The van der Waals surface area contributed by atoms with E-state index in [9.17, 15) is 9.18 Å². The lowest BCUT2D eigenvalue weighted by Gasteiger charge is -2.24. The quantitative estimate of drug-likeness (QED) is 0.552. The van der Waals surface area contributed by atoms with Gasteiger partial charge in [-0.1, -0.05) is 18.2 Å². The number of carbonyl (C=O) groups is 1. The van der Waals surface area contributed by atoms with Crippen molar-refractivity contribution in [1.29, 1.82) is 0 Å². The highest BCUT2D eigenvalue weighted by Crippen LogP contribution is 2.30. The van der Waals surface area contributed by atoms with Gasteiger partial charge in [0.25, 0.3) is 0 Å². The molecular formula is C25H28FNO3. The molecule has 158 valence electrons. The van der Waals surface area contributed by atoms with E-state index in [1.807, 2.05) is 12.1 Å². The Bertz CT molecular complexity index is 1050. The summed E-state index contributed by atoms with van der Waals surface area (Å²) in [5.41, 5.74) is 4.97. The van der Waals surface area contributed by atoms with Crippen LogP contribution in [0, 0.1) is 12.7 Å². The van der Waals surface area contributed by atoms with E-state index in [0.29, 0.717) is 42.2 Å². The SMILES string of the molecule is CC(=O)CCc1[nH]c2ccc(OCc3ccc(C4CCOCC4)c(C)c3)cc2c1F. The molecule has 0 radical (unpaired) electrons. The highest BCUT2D eigenvalue weighted by molar-refractivity contribution is 5.83. The predicted molar refractivity (Wildman–Crippen MR) is 116 cm³/mol. The van der Waals surface area contributed by atoms with Gasteiger partial charge >= 0.3 is 0 Å². The van der Waals surface area contributed by atoms with E-state index < -0.39 is 0 Å². The normalized spacial score (nSPS) is 14.9. The third-order valence-corrected chi connectivity index (χ3v) is 5.91. The topological polar surface area (TPSA) is 51.3 Å². The van der Waals surface area contributed by atoms with Crippen LogP contribution in [0.1, 0.15) is 54.5 Å². The number of halogens is 1. The van der Waals surface area contributed by atoms with E-state index in [4.69, 9.17) is 9.47 Å². The van der Waals surface area contributed by atoms with Crippen molar-refractivity contribution in [2.24, 2.45) is 0 Å². The third kappa shape index (κ3) is 4.57. The third-order valence-electron chi connectivity index (χ3n) is 5.91. The van der Waals surface area contributed by atoms with Gasteiger partial charge in [-0.2, -0.15) is 0 Å². The standard InChI is InChI=1S/C25H28FNO3/c1-16-13-18(4-6-21(16)19-9-11-29-12-10-19)15-30-20-5-8-23-22(14-20)25(26)24(27-23)7-3-17(2)28/h4-6,8,13-14,19,27H,3,7,9-12,15H2,1-2H3. The summed E-state index contributed by atoms with van der Waals surface area (Å²) < 4.78 is 26.1. The number of H-pyrrole nitrogens is 1. The van der Waals surface area contributed by atoms with Crippen LogP contribution in [0.15, 0.2) is 36.4 Å². The van der Waals surface area contributed by atoms with Crippen molar-refractivity contribution in [2.75, 3.05) is 13.2 Å². The molecule has 0 saturated carbocycles. The number of ether oxygens (including phenoxy) is 2. The van der Waals surface area contributed by atoms with E-state index in [1.54, 1.807) is 6.07 Å². The molecule has 1 N–H and O–H groups in total. The summed E-state index contributed by atoms with van der Waals surface area (Å²) in [5, 5.41) is 0.497. The van der Waals surface area contributed by atoms with Crippen LogP contribution in [0.3, 0.4) is 0 Å². The molecular weight excluding hydrogens is 381 g/mol. The number of hydrogen-bond acceptors (Lipinski definition) is 3. The van der Waals surface area contributed by atoms with Crippen molar-refractivity contribution in [1.82, 2.24) is 4.98 Å². The molecule has 1 fully saturated rings. The molecule has 0 aliphatic carbocycles. The van der Waals surface area contributed by atoms with Crippen LogP contribution in [-0.4, -0.2) is 24.0 Å². The van der Waals surface area contributed by atoms with Gasteiger partial charge in [-0.3, -0.25) is 0 Å². The van der Waals surface area contributed by atoms with Gasteiger partial charge in [0.15, 0.2) is 5.82 Å². The number of rotatable bonds is 7. The molecule has 30 heavy (non-hydrogen) atoms. The molecule has 2 aromatic carbocycles. The zero-order valence-corrected chi connectivity index (χ0v) is 17.6. The van der Waals surface area contributed by atoms with Crippen molar-refractivity contribution >= 4 is 16.7 Å². The monoisotopic (exact) mass is 409 g/mol. The lowest BCUT2D eigenvalue weighted by molar-refractivity contribution is -0.117. The van der Waals surface area contributed by atoms with Gasteiger partial charge in [0, 0.05) is 30.5 Å². The lowest BCUT2D eigenvalue weighted by Crippen LogP contribution is -2.15. The number of aromatic nitrogens is 1. The van der Waals surface area contributed by atoms with Crippen LogP contribution < -0.4 is 4.74 Å². The van der Waals surface area contributed by atoms with Crippen molar-refractivity contribution in [3.63, 3.8) is 0 Å². The average Bonchev–Trinajstić information content (AvgIpc) is 3.06. The van der Waals surface area contributed by atoms with Crippen LogP contribution in [0.2, 0.25) is 0 Å². The van der Waals surface area contributed by atoms with Crippen LogP contribution in [0.25, 0.3) is 10.9 Å². The summed E-state index contributed by atoms with van der Waals surface area (Å²) in [4.78, 5) is 14.3. The fourth-order valence-electron chi connectivity index (χ4n) is 4.22. The molecule has 0 bridgehead atoms. The van der Waals surface area contributed by atoms with E-state index in [2.05, 4.69) is 30.1 Å². The Kier molecular flexibility index (Phi) is 6.18. The van der Waals surface area contributed by atoms with E-state index >= 15 is 0 Å². The largest absolute Gasteiger partial charge is 0.489 e. The highest BCUT2D eigenvalue weighted by atomic mass is 19.1. The Labute approximate surface area is 176 Å². The Hall–Kier alpha value is -2.66. The number of ketones is 1. The maximum atomic E-state index is 14.7. The van der Waals surface area contributed by atoms with Gasteiger partial charge in [0.05, 0.1) is 5.69 Å². The number of carbonyl (C=O) groups excluding carboxylic acids is 1. The number of Topliss-reactive ketones (excluding diaryl/α,β-unsaturated/α-hetero) is 1. The van der Waals surface area contributed by atoms with Gasteiger partial charge in [-0.25, -0.2) is 4.39 Å². The highest BCUT2D eigenvalue weighted by Gasteiger charge is 2.18. The zero-order chi connectivity index (χ0) is 21.1. The number of aromatic amines is 1. The number of aryl methyl sites for hydroxylation is 2. The molecule has 0 atom stereocenters. The molecule has 3 aromatic rings. The first kappa shape index (κ1) is 20.6. The maximum absolute atomic E-state index is 14.7. The molecule has 4 nitrogen and oxygen atoms in total. The summed E-state index contributed by atoms with van der Waals surface area (Å²) >= 11 is 0. The van der Waals surface area contributed by atoms with Crippen LogP contribution in [-0.2, 0) is 22.6 Å². The minimum Gasteiger partial charge on any atom is -0.489 e. The Morgan fingerprint density at radius 1 is 1.20 bits per heavy atom. The lowest BCUT2D eigenvalue weighted by atomic mass is 9.88. The summed E-state index contributed by atoms with van der Waals surface area (Å²) in [6.45, 7) is 5.78. The predicted octanol–water partition coefficient (Wildman–Crippen LogP) is 5.61. The first-order chi connectivity index (χ1) is 14.5. The zero-order valence-electron chi connectivity index (χ0n) is 17.6. The van der Waals surface area contributed by atoms with Crippen molar-refractivity contribution in [3.05, 3.63) is 64.6 Å². The van der Waals surface area contributed by atoms with Gasteiger partial charge < -0.3 is 19.3 Å². The Morgan fingerprint density at radius 3 is 2.73 bits per heavy atom. The van der Waals surface area contributed by atoms with Crippen LogP contribution in [0.4, 0.5) is 4.39 Å². The van der Waals surface area contributed by atoms with Gasteiger partial charge in [-0.05, 0) is 73.9 Å². The second kappa shape index (κ2) is 9.00. The summed E-state index contributed by atoms with van der Waals surface area (Å²) in [5.74, 6) is 0.957.